The van der Waals surface area contributed by atoms with Gasteiger partial charge in [0.1, 0.15) is 5.82 Å². The van der Waals surface area contributed by atoms with Crippen LogP contribution in [0, 0.1) is 5.92 Å². The number of fused-ring (bicyclic) bond motifs is 4. The van der Waals surface area contributed by atoms with Gasteiger partial charge in [0.2, 0.25) is 0 Å². The van der Waals surface area contributed by atoms with Crippen molar-refractivity contribution in [1.29, 1.82) is 0 Å². The van der Waals surface area contributed by atoms with Crippen LogP contribution in [0.4, 0.5) is 5.82 Å². The minimum absolute atomic E-state index is 0.624. The number of anilines is 1. The summed E-state index contributed by atoms with van der Waals surface area (Å²) in [7, 11) is 0. The van der Waals surface area contributed by atoms with E-state index in [0.29, 0.717) is 6.04 Å². The summed E-state index contributed by atoms with van der Waals surface area (Å²) in [5.41, 5.74) is 2.80. The monoisotopic (exact) mass is 243 g/mol. The third-order valence-electron chi connectivity index (χ3n) is 4.92. The van der Waals surface area contributed by atoms with Gasteiger partial charge in [-0.25, -0.2) is 4.98 Å². The highest BCUT2D eigenvalue weighted by Gasteiger charge is 2.34. The lowest BCUT2D eigenvalue weighted by atomic mass is 9.84. The van der Waals surface area contributed by atoms with Gasteiger partial charge in [-0.1, -0.05) is 6.07 Å². The van der Waals surface area contributed by atoms with E-state index in [1.54, 1.807) is 0 Å². The predicted octanol–water partition coefficient (Wildman–Crippen LogP) is 2.08. The Morgan fingerprint density at radius 1 is 1.17 bits per heavy atom. The molecule has 1 aliphatic carbocycles. The number of piperidine rings is 3. The van der Waals surface area contributed by atoms with E-state index in [-0.39, 0.29) is 0 Å². The lowest BCUT2D eigenvalue weighted by molar-refractivity contribution is 0.0974. The fraction of sp³-hybridized carbons (Fsp3) is 0.667. The van der Waals surface area contributed by atoms with E-state index in [1.807, 2.05) is 0 Å². The molecule has 1 N–H and O–H groups in total. The molecule has 96 valence electrons. The Bertz CT molecular complexity index is 449. The van der Waals surface area contributed by atoms with Gasteiger partial charge < -0.3 is 10.2 Å². The van der Waals surface area contributed by atoms with E-state index in [2.05, 4.69) is 22.3 Å². The van der Waals surface area contributed by atoms with Crippen molar-refractivity contribution in [1.82, 2.24) is 9.88 Å². The fourth-order valence-electron chi connectivity index (χ4n) is 3.82. The highest BCUT2D eigenvalue weighted by Crippen LogP contribution is 2.30. The van der Waals surface area contributed by atoms with Gasteiger partial charge in [-0.05, 0) is 62.7 Å². The van der Waals surface area contributed by atoms with Gasteiger partial charge in [0.05, 0.1) is 0 Å². The number of rotatable bonds is 2. The van der Waals surface area contributed by atoms with Gasteiger partial charge in [0.15, 0.2) is 0 Å². The Labute approximate surface area is 109 Å². The van der Waals surface area contributed by atoms with E-state index in [4.69, 9.17) is 4.98 Å². The van der Waals surface area contributed by atoms with Crippen molar-refractivity contribution in [3.63, 3.8) is 0 Å². The summed E-state index contributed by atoms with van der Waals surface area (Å²) in [4.78, 5) is 7.39. The summed E-state index contributed by atoms with van der Waals surface area (Å²) in [6.45, 7) is 3.82. The van der Waals surface area contributed by atoms with Gasteiger partial charge in [0.25, 0.3) is 0 Å². The Balaban J connectivity index is 1.51. The van der Waals surface area contributed by atoms with E-state index in [1.165, 1.54) is 63.0 Å². The molecule has 0 radical (unpaired) electrons. The molecular formula is C15H21N3. The van der Waals surface area contributed by atoms with E-state index < -0.39 is 0 Å². The van der Waals surface area contributed by atoms with E-state index in [9.17, 15) is 0 Å². The van der Waals surface area contributed by atoms with Crippen molar-refractivity contribution in [3.8, 4) is 0 Å². The largest absolute Gasteiger partial charge is 0.366 e. The standard InChI is InChI=1S/C15H21N3/c1-2-11-4-5-15(16-13(11)3-1)17-14-10-18-8-6-12(14)7-9-18/h4-5,12,14H,1-3,6-10H2,(H,16,17). The number of hydrogen-bond donors (Lipinski definition) is 1. The second-order valence-electron chi connectivity index (χ2n) is 6.04. The van der Waals surface area contributed by atoms with Crippen LogP contribution in [0.3, 0.4) is 0 Å². The molecule has 1 atom stereocenters. The van der Waals surface area contributed by atoms with E-state index in [0.717, 1.165) is 11.7 Å². The van der Waals surface area contributed by atoms with Crippen LogP contribution in [0.15, 0.2) is 12.1 Å². The van der Waals surface area contributed by atoms with Crippen LogP contribution >= 0.6 is 0 Å². The predicted molar refractivity (Wildman–Crippen MR) is 72.8 cm³/mol. The lowest BCUT2D eigenvalue weighted by Gasteiger charge is -2.45. The Kier molecular flexibility index (Phi) is 2.54. The van der Waals surface area contributed by atoms with Gasteiger partial charge in [-0.3, -0.25) is 0 Å². The average Bonchev–Trinajstić information content (AvgIpc) is 2.87. The molecule has 5 rings (SSSR count). The molecule has 3 fully saturated rings. The summed E-state index contributed by atoms with van der Waals surface area (Å²) in [5, 5.41) is 3.69. The van der Waals surface area contributed by atoms with Gasteiger partial charge >= 0.3 is 0 Å². The minimum atomic E-state index is 0.624. The number of pyridine rings is 1. The first kappa shape index (κ1) is 10.8. The molecule has 1 unspecified atom stereocenters. The molecule has 1 aromatic heterocycles. The molecule has 3 heteroatoms. The number of aromatic nitrogens is 1. The van der Waals surface area contributed by atoms with Crippen LogP contribution in [-0.2, 0) is 12.8 Å². The molecule has 2 bridgehead atoms. The highest BCUT2D eigenvalue weighted by atomic mass is 15.2. The first-order chi connectivity index (χ1) is 8.88. The van der Waals surface area contributed by atoms with Crippen LogP contribution in [0.2, 0.25) is 0 Å². The van der Waals surface area contributed by atoms with Crippen molar-refractivity contribution in [3.05, 3.63) is 23.4 Å². The Morgan fingerprint density at radius 2 is 2.06 bits per heavy atom. The first-order valence-corrected chi connectivity index (χ1v) is 7.36. The minimum Gasteiger partial charge on any atom is -0.366 e. The topological polar surface area (TPSA) is 28.2 Å². The maximum atomic E-state index is 4.80. The molecule has 0 spiro atoms. The molecule has 18 heavy (non-hydrogen) atoms. The van der Waals surface area contributed by atoms with Crippen molar-refractivity contribution in [2.45, 2.75) is 38.1 Å². The zero-order chi connectivity index (χ0) is 11.9. The summed E-state index contributed by atoms with van der Waals surface area (Å²) in [6.07, 6.45) is 6.41. The second kappa shape index (κ2) is 4.23. The van der Waals surface area contributed by atoms with Crippen molar-refractivity contribution in [2.24, 2.45) is 5.92 Å². The molecule has 4 heterocycles. The number of nitrogens with one attached hydrogen (secondary N) is 1. The third-order valence-corrected chi connectivity index (χ3v) is 4.92. The SMILES string of the molecule is c1cc2c(nc1NC1CN3CCC1CC3)CCC2. The van der Waals surface area contributed by atoms with Crippen LogP contribution in [0.25, 0.3) is 0 Å². The maximum Gasteiger partial charge on any atom is 0.126 e. The number of hydrogen-bond acceptors (Lipinski definition) is 3. The van der Waals surface area contributed by atoms with Crippen LogP contribution in [0.5, 0.6) is 0 Å². The smallest absolute Gasteiger partial charge is 0.126 e. The van der Waals surface area contributed by atoms with E-state index >= 15 is 0 Å². The second-order valence-corrected chi connectivity index (χ2v) is 6.04. The summed E-state index contributed by atoms with van der Waals surface area (Å²) in [6, 6.07) is 5.08. The van der Waals surface area contributed by atoms with Gasteiger partial charge in [0, 0.05) is 18.3 Å². The Morgan fingerprint density at radius 3 is 2.83 bits per heavy atom. The average molecular weight is 243 g/mol. The molecule has 3 nitrogen and oxygen atoms in total. The maximum absolute atomic E-state index is 4.80. The van der Waals surface area contributed by atoms with Crippen molar-refractivity contribution < 1.29 is 0 Å². The van der Waals surface area contributed by atoms with Crippen molar-refractivity contribution in [2.75, 3.05) is 25.0 Å². The normalized spacial score (nSPS) is 33.4. The molecular weight excluding hydrogens is 222 g/mol. The number of aryl methyl sites for hydroxylation is 2. The van der Waals surface area contributed by atoms with Gasteiger partial charge in [-0.2, -0.15) is 0 Å². The van der Waals surface area contributed by atoms with Crippen LogP contribution in [0.1, 0.15) is 30.5 Å². The molecule has 3 saturated heterocycles. The quantitative estimate of drug-likeness (QED) is 0.862. The zero-order valence-corrected chi connectivity index (χ0v) is 10.9. The molecule has 3 aliphatic heterocycles. The van der Waals surface area contributed by atoms with Gasteiger partial charge in [-0.15, -0.1) is 0 Å². The Hall–Kier alpha value is -1.09. The molecule has 4 aliphatic rings. The number of nitrogens with zero attached hydrogens (tertiary/aromatic N) is 2. The lowest BCUT2D eigenvalue weighted by Crippen LogP contribution is -2.53. The fourth-order valence-corrected chi connectivity index (χ4v) is 3.82. The van der Waals surface area contributed by atoms with Crippen LogP contribution in [-0.4, -0.2) is 35.6 Å². The third kappa shape index (κ3) is 1.81. The summed E-state index contributed by atoms with van der Waals surface area (Å²) >= 11 is 0. The zero-order valence-electron chi connectivity index (χ0n) is 10.9. The molecule has 0 amide bonds. The van der Waals surface area contributed by atoms with Crippen LogP contribution < -0.4 is 5.32 Å². The summed E-state index contributed by atoms with van der Waals surface area (Å²) < 4.78 is 0. The highest BCUT2D eigenvalue weighted by molar-refractivity contribution is 5.41. The van der Waals surface area contributed by atoms with Crippen molar-refractivity contribution >= 4 is 5.82 Å². The first-order valence-electron chi connectivity index (χ1n) is 7.36. The summed E-state index contributed by atoms with van der Waals surface area (Å²) in [5.74, 6) is 1.97. The molecule has 1 aromatic rings. The molecule has 0 aromatic carbocycles. The molecule has 0 saturated carbocycles.